The minimum atomic E-state index is 0.717. The Morgan fingerprint density at radius 2 is 2.33 bits per heavy atom. The molecule has 0 spiro atoms. The average Bonchev–Trinajstić information content (AvgIpc) is 2.62. The SMILES string of the molecule is Cn1ccc2nccc(NCCCN)c21. The van der Waals surface area contributed by atoms with E-state index in [2.05, 4.69) is 14.9 Å². The number of hydrogen-bond donors (Lipinski definition) is 2. The lowest BCUT2D eigenvalue weighted by Crippen LogP contribution is -2.09. The zero-order valence-electron chi connectivity index (χ0n) is 8.90. The number of pyridine rings is 1. The molecule has 0 radical (unpaired) electrons. The Morgan fingerprint density at radius 1 is 1.47 bits per heavy atom. The normalized spacial score (nSPS) is 10.8. The van der Waals surface area contributed by atoms with E-state index in [0.29, 0.717) is 6.54 Å². The second-order valence-corrected chi connectivity index (χ2v) is 3.59. The molecular weight excluding hydrogens is 188 g/mol. The van der Waals surface area contributed by atoms with Gasteiger partial charge < -0.3 is 15.6 Å². The van der Waals surface area contributed by atoms with Crippen molar-refractivity contribution in [2.24, 2.45) is 12.8 Å². The lowest BCUT2D eigenvalue weighted by molar-refractivity contribution is 0.873. The Morgan fingerprint density at radius 3 is 3.13 bits per heavy atom. The van der Waals surface area contributed by atoms with Crippen LogP contribution in [0.5, 0.6) is 0 Å². The van der Waals surface area contributed by atoms with E-state index in [-0.39, 0.29) is 0 Å². The molecule has 0 aliphatic carbocycles. The van der Waals surface area contributed by atoms with Crippen molar-refractivity contribution in [1.29, 1.82) is 0 Å². The second kappa shape index (κ2) is 4.31. The minimum Gasteiger partial charge on any atom is -0.383 e. The van der Waals surface area contributed by atoms with E-state index in [9.17, 15) is 0 Å². The monoisotopic (exact) mass is 204 g/mol. The summed E-state index contributed by atoms with van der Waals surface area (Å²) in [6, 6.07) is 4.02. The summed E-state index contributed by atoms with van der Waals surface area (Å²) in [6.07, 6.45) is 4.83. The maximum absolute atomic E-state index is 5.46. The Balaban J connectivity index is 2.29. The third-order valence-corrected chi connectivity index (χ3v) is 2.46. The highest BCUT2D eigenvalue weighted by Crippen LogP contribution is 2.21. The molecule has 4 heteroatoms. The molecule has 4 nitrogen and oxygen atoms in total. The van der Waals surface area contributed by atoms with Gasteiger partial charge in [0.15, 0.2) is 0 Å². The van der Waals surface area contributed by atoms with Crippen LogP contribution in [0.2, 0.25) is 0 Å². The van der Waals surface area contributed by atoms with Gasteiger partial charge in [0.25, 0.3) is 0 Å². The molecule has 2 aromatic heterocycles. The van der Waals surface area contributed by atoms with Crippen LogP contribution in [0.15, 0.2) is 24.5 Å². The fraction of sp³-hybridized carbons (Fsp3) is 0.364. The molecule has 0 amide bonds. The van der Waals surface area contributed by atoms with Crippen molar-refractivity contribution in [1.82, 2.24) is 9.55 Å². The second-order valence-electron chi connectivity index (χ2n) is 3.59. The highest BCUT2D eigenvalue weighted by molar-refractivity contribution is 5.88. The number of anilines is 1. The van der Waals surface area contributed by atoms with Crippen LogP contribution in [0.1, 0.15) is 6.42 Å². The first-order chi connectivity index (χ1) is 7.33. The number of fused-ring (bicyclic) bond motifs is 1. The average molecular weight is 204 g/mol. The summed E-state index contributed by atoms with van der Waals surface area (Å²) in [5.41, 5.74) is 8.75. The quantitative estimate of drug-likeness (QED) is 0.739. The number of aromatic nitrogens is 2. The Bertz CT molecular complexity index is 447. The molecule has 15 heavy (non-hydrogen) atoms. The van der Waals surface area contributed by atoms with Gasteiger partial charge in [-0.2, -0.15) is 0 Å². The molecule has 2 heterocycles. The lowest BCUT2D eigenvalue weighted by atomic mass is 10.3. The van der Waals surface area contributed by atoms with Crippen LogP contribution in [0.4, 0.5) is 5.69 Å². The van der Waals surface area contributed by atoms with Gasteiger partial charge in [-0.25, -0.2) is 0 Å². The zero-order valence-corrected chi connectivity index (χ0v) is 8.90. The van der Waals surface area contributed by atoms with Crippen LogP contribution in [0.25, 0.3) is 11.0 Å². The molecule has 3 N–H and O–H groups in total. The van der Waals surface area contributed by atoms with E-state index in [1.165, 1.54) is 0 Å². The molecule has 2 rings (SSSR count). The first kappa shape index (κ1) is 9.98. The third kappa shape index (κ3) is 1.94. The van der Waals surface area contributed by atoms with Gasteiger partial charge in [-0.15, -0.1) is 0 Å². The van der Waals surface area contributed by atoms with Gasteiger partial charge in [0, 0.05) is 26.0 Å². The number of nitrogens with zero attached hydrogens (tertiary/aromatic N) is 2. The van der Waals surface area contributed by atoms with E-state index in [1.54, 1.807) is 0 Å². The smallest absolute Gasteiger partial charge is 0.0902 e. The summed E-state index contributed by atoms with van der Waals surface area (Å²) >= 11 is 0. The topological polar surface area (TPSA) is 55.9 Å². The zero-order chi connectivity index (χ0) is 10.7. The van der Waals surface area contributed by atoms with Crippen molar-refractivity contribution in [3.63, 3.8) is 0 Å². The van der Waals surface area contributed by atoms with Crippen molar-refractivity contribution in [2.45, 2.75) is 6.42 Å². The minimum absolute atomic E-state index is 0.717. The molecule has 0 atom stereocenters. The van der Waals surface area contributed by atoms with Crippen molar-refractivity contribution in [2.75, 3.05) is 18.4 Å². The first-order valence-electron chi connectivity index (χ1n) is 5.17. The molecule has 0 aromatic carbocycles. The molecule has 0 unspecified atom stereocenters. The van der Waals surface area contributed by atoms with Gasteiger partial charge in [0.05, 0.1) is 16.7 Å². The number of hydrogen-bond acceptors (Lipinski definition) is 3. The van der Waals surface area contributed by atoms with Crippen LogP contribution >= 0.6 is 0 Å². The number of nitrogens with one attached hydrogen (secondary N) is 1. The van der Waals surface area contributed by atoms with Crippen LogP contribution < -0.4 is 11.1 Å². The molecule has 80 valence electrons. The van der Waals surface area contributed by atoms with Crippen LogP contribution in [-0.2, 0) is 7.05 Å². The lowest BCUT2D eigenvalue weighted by Gasteiger charge is -2.08. The fourth-order valence-electron chi connectivity index (χ4n) is 1.69. The molecule has 0 fully saturated rings. The van der Waals surface area contributed by atoms with E-state index < -0.39 is 0 Å². The van der Waals surface area contributed by atoms with E-state index in [0.717, 1.165) is 29.7 Å². The van der Waals surface area contributed by atoms with E-state index in [1.807, 2.05) is 31.6 Å². The Kier molecular flexibility index (Phi) is 2.87. The van der Waals surface area contributed by atoms with Gasteiger partial charge in [-0.05, 0) is 25.1 Å². The van der Waals surface area contributed by atoms with Crippen LogP contribution in [0, 0.1) is 0 Å². The maximum atomic E-state index is 5.46. The molecule has 2 aromatic rings. The summed E-state index contributed by atoms with van der Waals surface area (Å²) in [4.78, 5) is 4.31. The summed E-state index contributed by atoms with van der Waals surface area (Å²) < 4.78 is 2.08. The van der Waals surface area contributed by atoms with Crippen LogP contribution in [0.3, 0.4) is 0 Å². The standard InChI is InChI=1S/C11H16N4/c1-15-8-4-10-11(15)9(3-7-14-10)13-6-2-5-12/h3-4,7-8H,2,5-6,12H2,1H3,(H,13,14). The molecule has 0 bridgehead atoms. The fourth-order valence-corrected chi connectivity index (χ4v) is 1.69. The van der Waals surface area contributed by atoms with Crippen molar-refractivity contribution in [3.8, 4) is 0 Å². The first-order valence-corrected chi connectivity index (χ1v) is 5.17. The molecule has 0 aliphatic heterocycles. The Labute approximate surface area is 89.1 Å². The Hall–Kier alpha value is -1.55. The highest BCUT2D eigenvalue weighted by atomic mass is 15.0. The number of aryl methyl sites for hydroxylation is 1. The van der Waals surface area contributed by atoms with Gasteiger partial charge >= 0.3 is 0 Å². The predicted molar refractivity (Wildman–Crippen MR) is 62.9 cm³/mol. The van der Waals surface area contributed by atoms with Crippen LogP contribution in [-0.4, -0.2) is 22.6 Å². The number of nitrogens with two attached hydrogens (primary N) is 1. The molecular formula is C11H16N4. The third-order valence-electron chi connectivity index (χ3n) is 2.46. The molecule has 0 saturated carbocycles. The van der Waals surface area contributed by atoms with Crippen molar-refractivity contribution in [3.05, 3.63) is 24.5 Å². The molecule has 0 saturated heterocycles. The maximum Gasteiger partial charge on any atom is 0.0902 e. The highest BCUT2D eigenvalue weighted by Gasteiger charge is 2.04. The summed E-state index contributed by atoms with van der Waals surface area (Å²) in [5.74, 6) is 0. The van der Waals surface area contributed by atoms with Gasteiger partial charge in [-0.1, -0.05) is 0 Å². The summed E-state index contributed by atoms with van der Waals surface area (Å²) in [7, 11) is 2.03. The van der Waals surface area contributed by atoms with Gasteiger partial charge in [-0.3, -0.25) is 4.98 Å². The molecule has 0 aliphatic rings. The van der Waals surface area contributed by atoms with E-state index in [4.69, 9.17) is 5.73 Å². The van der Waals surface area contributed by atoms with Gasteiger partial charge in [0.2, 0.25) is 0 Å². The van der Waals surface area contributed by atoms with Gasteiger partial charge in [0.1, 0.15) is 0 Å². The summed E-state index contributed by atoms with van der Waals surface area (Å²) in [6.45, 7) is 1.62. The predicted octanol–water partition coefficient (Wildman–Crippen LogP) is 1.33. The number of rotatable bonds is 4. The van der Waals surface area contributed by atoms with Crippen molar-refractivity contribution >= 4 is 16.7 Å². The van der Waals surface area contributed by atoms with E-state index >= 15 is 0 Å². The van der Waals surface area contributed by atoms with Crippen molar-refractivity contribution < 1.29 is 0 Å². The largest absolute Gasteiger partial charge is 0.383 e. The summed E-state index contributed by atoms with van der Waals surface area (Å²) in [5, 5.41) is 3.37.